The Morgan fingerprint density at radius 2 is 2.33 bits per heavy atom. The summed E-state index contributed by atoms with van der Waals surface area (Å²) in [4.78, 5) is 10.3. The van der Waals surface area contributed by atoms with Crippen molar-refractivity contribution in [3.63, 3.8) is 0 Å². The third-order valence-electron chi connectivity index (χ3n) is 1.01. The monoisotopic (exact) mass is 126 g/mol. The fraction of sp³-hybridized carbons (Fsp3) is 0.167. The molecule has 0 unspecified atom stereocenters. The van der Waals surface area contributed by atoms with Crippen LogP contribution >= 0.6 is 0 Å². The molecule has 1 aromatic rings. The van der Waals surface area contributed by atoms with Crippen LogP contribution in [0.4, 0.5) is 0 Å². The van der Waals surface area contributed by atoms with Gasteiger partial charge in [0, 0.05) is 5.56 Å². The van der Waals surface area contributed by atoms with E-state index >= 15 is 0 Å². The first-order chi connectivity index (χ1) is 4.20. The molecular weight excluding hydrogens is 120 g/mol. The Balaban J connectivity index is 3.34. The van der Waals surface area contributed by atoms with Crippen LogP contribution < -0.4 is 5.63 Å². The molecule has 9 heavy (non-hydrogen) atoms. The maximum absolute atomic E-state index is 10.3. The van der Waals surface area contributed by atoms with Crippen LogP contribution in [-0.4, -0.2) is 5.11 Å². The molecular formula is C6H6O3. The first-order valence-electron chi connectivity index (χ1n) is 2.48. The normalized spacial score (nSPS) is 9.44. The summed E-state index contributed by atoms with van der Waals surface area (Å²) in [6, 6.07) is 1.04. The fourth-order valence-electron chi connectivity index (χ4n) is 0.466. The first-order valence-corrected chi connectivity index (χ1v) is 2.48. The highest BCUT2D eigenvalue weighted by Gasteiger charge is 1.94. The SMILES string of the molecule is Cc1coc(=O)cc1O. The fourth-order valence-corrected chi connectivity index (χ4v) is 0.466. The average Bonchev–Trinajstić information content (AvgIpc) is 1.80. The highest BCUT2D eigenvalue weighted by atomic mass is 16.4. The minimum Gasteiger partial charge on any atom is -0.507 e. The van der Waals surface area contributed by atoms with Crippen LogP contribution in [0.5, 0.6) is 5.75 Å². The van der Waals surface area contributed by atoms with Gasteiger partial charge in [-0.3, -0.25) is 0 Å². The van der Waals surface area contributed by atoms with Gasteiger partial charge in [-0.25, -0.2) is 4.79 Å². The molecule has 0 aromatic carbocycles. The van der Waals surface area contributed by atoms with Gasteiger partial charge in [-0.05, 0) is 6.92 Å². The van der Waals surface area contributed by atoms with Gasteiger partial charge in [0.1, 0.15) is 12.0 Å². The van der Waals surface area contributed by atoms with Crippen molar-refractivity contribution in [2.45, 2.75) is 6.92 Å². The summed E-state index contributed by atoms with van der Waals surface area (Å²) in [5, 5.41) is 8.84. The van der Waals surface area contributed by atoms with Gasteiger partial charge >= 0.3 is 5.63 Å². The second-order valence-electron chi connectivity index (χ2n) is 1.77. The van der Waals surface area contributed by atoms with Gasteiger partial charge in [-0.15, -0.1) is 0 Å². The minimum absolute atomic E-state index is 0.0220. The van der Waals surface area contributed by atoms with Crippen molar-refractivity contribution in [1.29, 1.82) is 0 Å². The molecule has 0 atom stereocenters. The zero-order valence-corrected chi connectivity index (χ0v) is 4.92. The quantitative estimate of drug-likeness (QED) is 0.555. The number of rotatable bonds is 0. The van der Waals surface area contributed by atoms with Gasteiger partial charge in [-0.2, -0.15) is 0 Å². The molecule has 3 nitrogen and oxygen atoms in total. The van der Waals surface area contributed by atoms with E-state index in [-0.39, 0.29) is 5.75 Å². The molecule has 48 valence electrons. The van der Waals surface area contributed by atoms with Crippen LogP contribution in [0.3, 0.4) is 0 Å². The molecule has 0 radical (unpaired) electrons. The Morgan fingerprint density at radius 1 is 1.67 bits per heavy atom. The molecule has 0 saturated carbocycles. The van der Waals surface area contributed by atoms with E-state index in [0.717, 1.165) is 6.07 Å². The van der Waals surface area contributed by atoms with Gasteiger partial charge < -0.3 is 9.52 Å². The van der Waals surface area contributed by atoms with Crippen molar-refractivity contribution in [3.05, 3.63) is 28.3 Å². The molecule has 1 heterocycles. The Kier molecular flexibility index (Phi) is 1.26. The molecule has 3 heteroatoms. The lowest BCUT2D eigenvalue weighted by atomic mass is 10.3. The lowest BCUT2D eigenvalue weighted by Gasteiger charge is -1.91. The summed E-state index contributed by atoms with van der Waals surface area (Å²) in [7, 11) is 0. The molecule has 1 N–H and O–H groups in total. The molecule has 0 spiro atoms. The Bertz CT molecular complexity index is 261. The first kappa shape index (κ1) is 5.88. The molecule has 1 aromatic heterocycles. The maximum atomic E-state index is 10.3. The zero-order chi connectivity index (χ0) is 6.85. The van der Waals surface area contributed by atoms with Crippen molar-refractivity contribution in [3.8, 4) is 5.75 Å². The lowest BCUT2D eigenvalue weighted by molar-refractivity contribution is 0.441. The van der Waals surface area contributed by atoms with Crippen LogP contribution in [0, 0.1) is 6.92 Å². The largest absolute Gasteiger partial charge is 0.507 e. The molecule has 0 amide bonds. The van der Waals surface area contributed by atoms with E-state index in [1.807, 2.05) is 0 Å². The van der Waals surface area contributed by atoms with E-state index in [9.17, 15) is 4.79 Å². The van der Waals surface area contributed by atoms with Crippen molar-refractivity contribution >= 4 is 0 Å². The Morgan fingerprint density at radius 3 is 2.78 bits per heavy atom. The third kappa shape index (κ3) is 1.10. The van der Waals surface area contributed by atoms with E-state index in [0.29, 0.717) is 5.56 Å². The van der Waals surface area contributed by atoms with Gasteiger partial charge in [0.2, 0.25) is 0 Å². The third-order valence-corrected chi connectivity index (χ3v) is 1.01. The smallest absolute Gasteiger partial charge is 0.339 e. The molecule has 1 rings (SSSR count). The topological polar surface area (TPSA) is 50.4 Å². The van der Waals surface area contributed by atoms with Crippen LogP contribution in [-0.2, 0) is 0 Å². The van der Waals surface area contributed by atoms with Crippen molar-refractivity contribution in [2.75, 3.05) is 0 Å². The predicted molar refractivity (Wildman–Crippen MR) is 31.4 cm³/mol. The van der Waals surface area contributed by atoms with E-state index in [2.05, 4.69) is 4.42 Å². The maximum Gasteiger partial charge on any atom is 0.339 e. The van der Waals surface area contributed by atoms with Crippen molar-refractivity contribution in [1.82, 2.24) is 0 Å². The van der Waals surface area contributed by atoms with Crippen molar-refractivity contribution in [2.24, 2.45) is 0 Å². The average molecular weight is 126 g/mol. The van der Waals surface area contributed by atoms with Crippen LogP contribution in [0.1, 0.15) is 5.56 Å². The van der Waals surface area contributed by atoms with Gasteiger partial charge in [0.25, 0.3) is 0 Å². The van der Waals surface area contributed by atoms with Crippen LogP contribution in [0.2, 0.25) is 0 Å². The molecule has 0 aliphatic rings. The standard InChI is InChI=1S/C6H6O3/c1-4-3-9-6(8)2-5(4)7/h2-3,7H,1H3. The van der Waals surface area contributed by atoms with E-state index in [1.165, 1.54) is 6.26 Å². The van der Waals surface area contributed by atoms with Crippen molar-refractivity contribution < 1.29 is 9.52 Å². The van der Waals surface area contributed by atoms with E-state index in [1.54, 1.807) is 6.92 Å². The summed E-state index contributed by atoms with van der Waals surface area (Å²) < 4.78 is 4.42. The predicted octanol–water partition coefficient (Wildman–Crippen LogP) is 0.654. The van der Waals surface area contributed by atoms with E-state index in [4.69, 9.17) is 5.11 Å². The highest BCUT2D eigenvalue weighted by Crippen LogP contribution is 2.09. The Labute approximate surface area is 51.6 Å². The molecule has 0 aliphatic carbocycles. The highest BCUT2D eigenvalue weighted by molar-refractivity contribution is 5.24. The molecule has 0 saturated heterocycles. The lowest BCUT2D eigenvalue weighted by Crippen LogP contribution is -1.94. The van der Waals surface area contributed by atoms with Gasteiger partial charge in [0.15, 0.2) is 0 Å². The summed E-state index contributed by atoms with van der Waals surface area (Å²) >= 11 is 0. The van der Waals surface area contributed by atoms with Crippen LogP contribution in [0.15, 0.2) is 21.5 Å². The summed E-state index contributed by atoms with van der Waals surface area (Å²) in [6.07, 6.45) is 1.22. The summed E-state index contributed by atoms with van der Waals surface area (Å²) in [6.45, 7) is 1.65. The van der Waals surface area contributed by atoms with Gasteiger partial charge in [-0.1, -0.05) is 0 Å². The van der Waals surface area contributed by atoms with E-state index < -0.39 is 5.63 Å². The second-order valence-corrected chi connectivity index (χ2v) is 1.77. The number of aromatic hydroxyl groups is 1. The zero-order valence-electron chi connectivity index (χ0n) is 4.92. The summed E-state index contributed by atoms with van der Waals surface area (Å²) in [5.41, 5.74) is 0.0349. The molecule has 0 fully saturated rings. The van der Waals surface area contributed by atoms with Crippen LogP contribution in [0.25, 0.3) is 0 Å². The number of hydrogen-bond acceptors (Lipinski definition) is 3. The van der Waals surface area contributed by atoms with Gasteiger partial charge in [0.05, 0.1) is 6.07 Å². The number of aryl methyl sites for hydroxylation is 1. The second kappa shape index (κ2) is 1.93. The summed E-state index contributed by atoms with van der Waals surface area (Å²) in [5.74, 6) is -0.0220. The molecule has 0 bridgehead atoms. The minimum atomic E-state index is -0.530. The molecule has 0 aliphatic heterocycles. The number of hydrogen-bond donors (Lipinski definition) is 1. The Hall–Kier alpha value is -1.25.